The Kier molecular flexibility index (Phi) is 4.68. The minimum atomic E-state index is 0.00209. The van der Waals surface area contributed by atoms with Crippen LogP contribution in [0.25, 0.3) is 0 Å². The monoisotopic (exact) mass is 279 g/mol. The number of benzene rings is 1. The molecule has 0 aliphatic carbocycles. The number of nitrogens with zero attached hydrogens (tertiary/aromatic N) is 2. The molecule has 1 aromatic rings. The normalized spacial score (nSPS) is 15.2. The van der Waals surface area contributed by atoms with Gasteiger partial charge in [0.2, 0.25) is 5.91 Å². The Morgan fingerprint density at radius 2 is 1.90 bits per heavy atom. The van der Waals surface area contributed by atoms with Crippen LogP contribution in [0, 0.1) is 0 Å². The smallest absolute Gasteiger partial charge is 0.236 e. The van der Waals surface area contributed by atoms with E-state index in [1.807, 2.05) is 18.2 Å². The van der Waals surface area contributed by atoms with Crippen LogP contribution in [-0.4, -0.2) is 57.8 Å². The summed E-state index contributed by atoms with van der Waals surface area (Å²) in [4.78, 5) is 15.6. The van der Waals surface area contributed by atoms with E-state index >= 15 is 0 Å². The molecule has 1 aliphatic rings. The zero-order valence-corrected chi connectivity index (χ0v) is 12.0. The van der Waals surface area contributed by atoms with Crippen LogP contribution in [0.5, 0.6) is 11.5 Å². The minimum Gasteiger partial charge on any atom is -0.497 e. The summed E-state index contributed by atoms with van der Waals surface area (Å²) in [7, 11) is 3.29. The first kappa shape index (κ1) is 14.5. The van der Waals surface area contributed by atoms with Crippen molar-refractivity contribution in [1.82, 2.24) is 4.90 Å². The lowest BCUT2D eigenvalue weighted by Gasteiger charge is -2.36. The van der Waals surface area contributed by atoms with Gasteiger partial charge in [-0.05, 0) is 12.1 Å². The molecule has 6 heteroatoms. The van der Waals surface area contributed by atoms with Crippen LogP contribution in [0.4, 0.5) is 5.69 Å². The Bertz CT molecular complexity index is 471. The molecule has 1 fully saturated rings. The van der Waals surface area contributed by atoms with Gasteiger partial charge in [0.15, 0.2) is 0 Å². The maximum Gasteiger partial charge on any atom is 0.236 e. The summed E-state index contributed by atoms with van der Waals surface area (Å²) >= 11 is 0. The number of piperazine rings is 1. The van der Waals surface area contributed by atoms with E-state index in [0.29, 0.717) is 13.1 Å². The molecule has 0 unspecified atom stereocenters. The molecule has 1 saturated heterocycles. The molecule has 2 rings (SSSR count). The molecule has 0 spiro atoms. The van der Waals surface area contributed by atoms with Gasteiger partial charge in [-0.3, -0.25) is 4.79 Å². The highest BCUT2D eigenvalue weighted by molar-refractivity contribution is 5.78. The highest BCUT2D eigenvalue weighted by Crippen LogP contribution is 2.32. The number of nitrogens with two attached hydrogens (primary N) is 1. The molecular weight excluding hydrogens is 258 g/mol. The minimum absolute atomic E-state index is 0.00209. The number of ether oxygens (including phenoxy) is 2. The van der Waals surface area contributed by atoms with Crippen molar-refractivity contribution >= 4 is 11.6 Å². The molecular formula is C14H21N3O3. The average molecular weight is 279 g/mol. The molecule has 0 saturated carbocycles. The summed E-state index contributed by atoms with van der Waals surface area (Å²) in [5.74, 6) is 1.60. The van der Waals surface area contributed by atoms with E-state index in [0.717, 1.165) is 30.3 Å². The number of carbonyl (C=O) groups is 1. The maximum atomic E-state index is 11.6. The molecule has 0 aromatic heterocycles. The SMILES string of the molecule is COc1ccc(OC)c(N2CCN(C(=O)CN)CC2)c1. The second-order valence-corrected chi connectivity index (χ2v) is 4.61. The average Bonchev–Trinajstić information content (AvgIpc) is 2.53. The zero-order chi connectivity index (χ0) is 14.5. The number of rotatable bonds is 4. The lowest BCUT2D eigenvalue weighted by molar-refractivity contribution is -0.129. The van der Waals surface area contributed by atoms with E-state index < -0.39 is 0 Å². The van der Waals surface area contributed by atoms with Crippen LogP contribution in [0.15, 0.2) is 18.2 Å². The van der Waals surface area contributed by atoms with Crippen molar-refractivity contribution in [2.75, 3.05) is 51.8 Å². The van der Waals surface area contributed by atoms with Gasteiger partial charge in [0, 0.05) is 32.2 Å². The maximum absolute atomic E-state index is 11.6. The van der Waals surface area contributed by atoms with Crippen LogP contribution >= 0.6 is 0 Å². The first-order valence-electron chi connectivity index (χ1n) is 6.64. The third-order valence-electron chi connectivity index (χ3n) is 3.53. The van der Waals surface area contributed by atoms with Gasteiger partial charge in [-0.25, -0.2) is 0 Å². The third-order valence-corrected chi connectivity index (χ3v) is 3.53. The van der Waals surface area contributed by atoms with Gasteiger partial charge in [-0.2, -0.15) is 0 Å². The lowest BCUT2D eigenvalue weighted by atomic mass is 10.2. The molecule has 1 aromatic carbocycles. The molecule has 0 bridgehead atoms. The summed E-state index contributed by atoms with van der Waals surface area (Å²) in [5, 5.41) is 0. The second kappa shape index (κ2) is 6.47. The van der Waals surface area contributed by atoms with Crippen molar-refractivity contribution in [2.45, 2.75) is 0 Å². The fraction of sp³-hybridized carbons (Fsp3) is 0.500. The van der Waals surface area contributed by atoms with Gasteiger partial charge in [0.05, 0.1) is 26.5 Å². The van der Waals surface area contributed by atoms with Gasteiger partial charge < -0.3 is 25.0 Å². The summed E-state index contributed by atoms with van der Waals surface area (Å²) in [6, 6.07) is 5.72. The van der Waals surface area contributed by atoms with Crippen LogP contribution in [0.3, 0.4) is 0 Å². The third kappa shape index (κ3) is 2.96. The van der Waals surface area contributed by atoms with Gasteiger partial charge in [-0.15, -0.1) is 0 Å². The van der Waals surface area contributed by atoms with Crippen molar-refractivity contribution in [3.05, 3.63) is 18.2 Å². The molecule has 20 heavy (non-hydrogen) atoms. The van der Waals surface area contributed by atoms with Crippen molar-refractivity contribution in [1.29, 1.82) is 0 Å². The number of carbonyl (C=O) groups excluding carboxylic acids is 1. The largest absolute Gasteiger partial charge is 0.497 e. The second-order valence-electron chi connectivity index (χ2n) is 4.61. The van der Waals surface area contributed by atoms with E-state index in [1.165, 1.54) is 0 Å². The van der Waals surface area contributed by atoms with E-state index in [9.17, 15) is 4.79 Å². The van der Waals surface area contributed by atoms with Crippen LogP contribution in [0.1, 0.15) is 0 Å². The Morgan fingerprint density at radius 3 is 2.45 bits per heavy atom. The van der Waals surface area contributed by atoms with Gasteiger partial charge in [-0.1, -0.05) is 0 Å². The Hall–Kier alpha value is -1.95. The molecule has 1 amide bonds. The molecule has 0 atom stereocenters. The summed E-state index contributed by atoms with van der Waals surface area (Å²) in [6.07, 6.45) is 0. The summed E-state index contributed by atoms with van der Waals surface area (Å²) in [6.45, 7) is 2.94. The van der Waals surface area contributed by atoms with E-state index in [2.05, 4.69) is 4.90 Å². The topological polar surface area (TPSA) is 68.0 Å². The highest BCUT2D eigenvalue weighted by atomic mass is 16.5. The van der Waals surface area contributed by atoms with E-state index in [-0.39, 0.29) is 12.5 Å². The molecule has 110 valence electrons. The zero-order valence-electron chi connectivity index (χ0n) is 12.0. The number of methoxy groups -OCH3 is 2. The van der Waals surface area contributed by atoms with Crippen LogP contribution < -0.4 is 20.1 Å². The van der Waals surface area contributed by atoms with Crippen molar-refractivity contribution in [3.63, 3.8) is 0 Å². The summed E-state index contributed by atoms with van der Waals surface area (Å²) in [5.41, 5.74) is 6.38. The molecule has 1 heterocycles. The molecule has 6 nitrogen and oxygen atoms in total. The highest BCUT2D eigenvalue weighted by Gasteiger charge is 2.22. The Balaban J connectivity index is 2.11. The Labute approximate surface area is 119 Å². The number of hydrogen-bond donors (Lipinski definition) is 1. The first-order chi connectivity index (χ1) is 9.69. The fourth-order valence-electron chi connectivity index (χ4n) is 2.37. The Morgan fingerprint density at radius 1 is 1.20 bits per heavy atom. The molecule has 1 aliphatic heterocycles. The van der Waals surface area contributed by atoms with E-state index in [1.54, 1.807) is 19.1 Å². The lowest BCUT2D eigenvalue weighted by Crippen LogP contribution is -2.50. The fourth-order valence-corrected chi connectivity index (χ4v) is 2.37. The van der Waals surface area contributed by atoms with Gasteiger partial charge in [0.1, 0.15) is 11.5 Å². The molecule has 2 N–H and O–H groups in total. The van der Waals surface area contributed by atoms with Crippen molar-refractivity contribution in [3.8, 4) is 11.5 Å². The first-order valence-corrected chi connectivity index (χ1v) is 6.64. The number of hydrogen-bond acceptors (Lipinski definition) is 5. The number of amides is 1. The number of anilines is 1. The standard InChI is InChI=1S/C14H21N3O3/c1-19-11-3-4-13(20-2)12(9-11)16-5-7-17(8-6-16)14(18)10-15/h3-4,9H,5-8,10,15H2,1-2H3. The predicted octanol–water partition coefficient (Wildman–Crippen LogP) is 0.311. The van der Waals surface area contributed by atoms with Crippen LogP contribution in [-0.2, 0) is 4.79 Å². The van der Waals surface area contributed by atoms with Crippen LogP contribution in [0.2, 0.25) is 0 Å². The quantitative estimate of drug-likeness (QED) is 0.859. The van der Waals surface area contributed by atoms with Crippen molar-refractivity contribution in [2.24, 2.45) is 5.73 Å². The van der Waals surface area contributed by atoms with Crippen molar-refractivity contribution < 1.29 is 14.3 Å². The molecule has 0 radical (unpaired) electrons. The van der Waals surface area contributed by atoms with E-state index in [4.69, 9.17) is 15.2 Å². The summed E-state index contributed by atoms with van der Waals surface area (Å²) < 4.78 is 10.7. The van der Waals surface area contributed by atoms with Gasteiger partial charge in [0.25, 0.3) is 0 Å². The van der Waals surface area contributed by atoms with Gasteiger partial charge >= 0.3 is 0 Å². The predicted molar refractivity (Wildman–Crippen MR) is 77.4 cm³/mol.